The van der Waals surface area contributed by atoms with Crippen molar-refractivity contribution in [2.24, 2.45) is 0 Å². The van der Waals surface area contributed by atoms with Crippen LogP contribution in [0.4, 0.5) is 0 Å². The molecule has 0 radical (unpaired) electrons. The normalized spacial score (nSPS) is 9.62. The average Bonchev–Trinajstić information content (AvgIpc) is 2.27. The van der Waals surface area contributed by atoms with Crippen LogP contribution in [0.25, 0.3) is 11.1 Å². The zero-order valence-electron chi connectivity index (χ0n) is 8.30. The zero-order chi connectivity index (χ0) is 12.3. The third kappa shape index (κ3) is 2.81. The van der Waals surface area contributed by atoms with E-state index in [9.17, 15) is 9.59 Å². The lowest BCUT2D eigenvalue weighted by atomic mass is 10.0. The van der Waals surface area contributed by atoms with Crippen molar-refractivity contribution in [3.63, 3.8) is 0 Å². The lowest BCUT2D eigenvalue weighted by Gasteiger charge is -2.03. The van der Waals surface area contributed by atoms with Crippen molar-refractivity contribution in [2.45, 2.75) is 0 Å². The fraction of sp³-hybridized carbons (Fsp3) is 0. The monoisotopic (exact) mass is 254 g/mol. The first-order valence-electron chi connectivity index (χ1n) is 4.31. The summed E-state index contributed by atoms with van der Waals surface area (Å²) in [6.07, 6.45) is 0. The highest BCUT2D eigenvalue weighted by Gasteiger charge is 2.09. The van der Waals surface area contributed by atoms with Crippen LogP contribution in [0.5, 0.6) is 0 Å². The quantitative estimate of drug-likeness (QED) is 0.611. The highest BCUT2D eigenvalue weighted by molar-refractivity contribution is 6.74. The summed E-state index contributed by atoms with van der Waals surface area (Å²) in [5.74, 6) is 0. The SMILES string of the molecule is C=C(C(=O)Cl)c1ccc(C(=C)C(=O)Cl)cc1. The molecule has 0 atom stereocenters. The van der Waals surface area contributed by atoms with E-state index < -0.39 is 10.5 Å². The Hall–Kier alpha value is -1.38. The van der Waals surface area contributed by atoms with Gasteiger partial charge >= 0.3 is 0 Å². The van der Waals surface area contributed by atoms with Crippen molar-refractivity contribution < 1.29 is 9.59 Å². The van der Waals surface area contributed by atoms with E-state index in [-0.39, 0.29) is 11.1 Å². The van der Waals surface area contributed by atoms with Crippen LogP contribution in [-0.4, -0.2) is 10.5 Å². The fourth-order valence-electron chi connectivity index (χ4n) is 1.10. The molecule has 0 N–H and O–H groups in total. The van der Waals surface area contributed by atoms with Gasteiger partial charge in [0, 0.05) is 11.1 Å². The third-order valence-corrected chi connectivity index (χ3v) is 2.51. The lowest BCUT2D eigenvalue weighted by molar-refractivity contribution is -0.107. The Morgan fingerprint density at radius 1 is 0.812 bits per heavy atom. The summed E-state index contributed by atoms with van der Waals surface area (Å²) in [5, 5.41) is -1.22. The Labute approximate surface area is 103 Å². The first-order valence-corrected chi connectivity index (χ1v) is 5.07. The van der Waals surface area contributed by atoms with E-state index in [1.165, 1.54) is 0 Å². The molecule has 0 spiro atoms. The van der Waals surface area contributed by atoms with Gasteiger partial charge in [0.1, 0.15) is 0 Å². The maximum absolute atomic E-state index is 10.8. The van der Waals surface area contributed by atoms with Crippen LogP contribution in [0.15, 0.2) is 37.4 Å². The number of halogens is 2. The van der Waals surface area contributed by atoms with Crippen molar-refractivity contribution in [3.8, 4) is 0 Å². The molecule has 0 unspecified atom stereocenters. The summed E-state index contributed by atoms with van der Waals surface area (Å²) >= 11 is 10.6. The van der Waals surface area contributed by atoms with Crippen molar-refractivity contribution in [1.29, 1.82) is 0 Å². The van der Waals surface area contributed by atoms with E-state index in [0.29, 0.717) is 11.1 Å². The highest BCUT2D eigenvalue weighted by atomic mass is 35.5. The molecule has 0 aliphatic carbocycles. The van der Waals surface area contributed by atoms with E-state index in [4.69, 9.17) is 23.2 Å². The Morgan fingerprint density at radius 2 is 1.06 bits per heavy atom. The molecule has 0 saturated heterocycles. The van der Waals surface area contributed by atoms with Gasteiger partial charge in [0.15, 0.2) is 0 Å². The van der Waals surface area contributed by atoms with E-state index >= 15 is 0 Å². The molecule has 16 heavy (non-hydrogen) atoms. The molecule has 0 aromatic heterocycles. The number of benzene rings is 1. The van der Waals surface area contributed by atoms with Crippen molar-refractivity contribution in [1.82, 2.24) is 0 Å². The molecule has 0 heterocycles. The van der Waals surface area contributed by atoms with Crippen LogP contribution < -0.4 is 0 Å². The largest absolute Gasteiger partial charge is 0.276 e. The second-order valence-corrected chi connectivity index (χ2v) is 3.77. The molecule has 1 rings (SSSR count). The molecule has 0 amide bonds. The Kier molecular flexibility index (Phi) is 4.05. The molecule has 1 aromatic rings. The van der Waals surface area contributed by atoms with Crippen LogP contribution >= 0.6 is 23.2 Å². The zero-order valence-corrected chi connectivity index (χ0v) is 9.81. The maximum Gasteiger partial charge on any atom is 0.252 e. The van der Waals surface area contributed by atoms with Gasteiger partial charge in [-0.05, 0) is 34.3 Å². The predicted octanol–water partition coefficient (Wildman–Crippen LogP) is 3.24. The summed E-state index contributed by atoms with van der Waals surface area (Å²) in [6.45, 7) is 7.07. The van der Waals surface area contributed by atoms with Gasteiger partial charge in [-0.1, -0.05) is 37.4 Å². The van der Waals surface area contributed by atoms with Crippen LogP contribution in [0.1, 0.15) is 11.1 Å². The minimum absolute atomic E-state index is 0.205. The van der Waals surface area contributed by atoms with Crippen LogP contribution in [0, 0.1) is 0 Å². The Morgan fingerprint density at radius 3 is 1.25 bits per heavy atom. The summed E-state index contributed by atoms with van der Waals surface area (Å²) in [5.41, 5.74) is 1.60. The first kappa shape index (κ1) is 12.7. The molecule has 1 aromatic carbocycles. The van der Waals surface area contributed by atoms with Gasteiger partial charge in [0.05, 0.1) is 0 Å². The molecule has 0 bridgehead atoms. The summed E-state index contributed by atoms with van der Waals surface area (Å²) in [6, 6.07) is 6.51. The van der Waals surface area contributed by atoms with Gasteiger partial charge in [-0.2, -0.15) is 0 Å². The highest BCUT2D eigenvalue weighted by Crippen LogP contribution is 2.20. The van der Waals surface area contributed by atoms with E-state index in [1.807, 2.05) is 0 Å². The average molecular weight is 255 g/mol. The van der Waals surface area contributed by atoms with Gasteiger partial charge in [-0.15, -0.1) is 0 Å². The molecule has 0 aliphatic rings. The molecular formula is C12H8Cl2O2. The number of hydrogen-bond acceptors (Lipinski definition) is 2. The van der Waals surface area contributed by atoms with Crippen molar-refractivity contribution in [2.75, 3.05) is 0 Å². The molecule has 2 nitrogen and oxygen atoms in total. The van der Waals surface area contributed by atoms with E-state index in [2.05, 4.69) is 13.2 Å². The lowest BCUT2D eigenvalue weighted by Crippen LogP contribution is -1.94. The topological polar surface area (TPSA) is 34.1 Å². The smallest absolute Gasteiger partial charge is 0.252 e. The number of allylic oxidation sites excluding steroid dienone is 2. The number of carbonyl (C=O) groups is 2. The minimum atomic E-state index is -0.611. The second-order valence-electron chi connectivity index (χ2n) is 3.08. The first-order chi connectivity index (χ1) is 7.43. The van der Waals surface area contributed by atoms with Crippen molar-refractivity contribution in [3.05, 3.63) is 48.6 Å². The van der Waals surface area contributed by atoms with Crippen LogP contribution in [-0.2, 0) is 9.59 Å². The Balaban J connectivity index is 3.00. The standard InChI is InChI=1S/C12H8Cl2O2/c1-7(11(13)15)9-3-5-10(6-4-9)8(2)12(14)16/h3-6H,1-2H2. The van der Waals surface area contributed by atoms with Gasteiger partial charge in [-0.25, -0.2) is 0 Å². The number of rotatable bonds is 4. The second kappa shape index (κ2) is 5.10. The summed E-state index contributed by atoms with van der Waals surface area (Å²) in [7, 11) is 0. The number of carbonyl (C=O) groups excluding carboxylic acids is 2. The molecule has 82 valence electrons. The molecule has 0 saturated carbocycles. The third-order valence-electron chi connectivity index (χ3n) is 2.06. The molecular weight excluding hydrogens is 247 g/mol. The predicted molar refractivity (Wildman–Crippen MR) is 66.2 cm³/mol. The van der Waals surface area contributed by atoms with E-state index in [0.717, 1.165) is 0 Å². The minimum Gasteiger partial charge on any atom is -0.276 e. The molecule has 0 aliphatic heterocycles. The fourth-order valence-corrected chi connectivity index (χ4v) is 1.32. The molecule has 4 heteroatoms. The Bertz CT molecular complexity index is 427. The van der Waals surface area contributed by atoms with Gasteiger partial charge in [0.2, 0.25) is 0 Å². The van der Waals surface area contributed by atoms with Crippen LogP contribution in [0.3, 0.4) is 0 Å². The van der Waals surface area contributed by atoms with Crippen molar-refractivity contribution >= 4 is 44.8 Å². The summed E-state index contributed by atoms with van der Waals surface area (Å²) < 4.78 is 0. The van der Waals surface area contributed by atoms with Gasteiger partial charge in [0.25, 0.3) is 10.5 Å². The van der Waals surface area contributed by atoms with Crippen LogP contribution in [0.2, 0.25) is 0 Å². The van der Waals surface area contributed by atoms with Gasteiger partial charge < -0.3 is 0 Å². The van der Waals surface area contributed by atoms with Gasteiger partial charge in [-0.3, -0.25) is 9.59 Å². The van der Waals surface area contributed by atoms with E-state index in [1.54, 1.807) is 24.3 Å². The maximum atomic E-state index is 10.8. The number of hydrogen-bond donors (Lipinski definition) is 0. The molecule has 0 fully saturated rings. The summed E-state index contributed by atoms with van der Waals surface area (Å²) in [4.78, 5) is 21.7.